The highest BCUT2D eigenvalue weighted by Gasteiger charge is 2.60. The molecule has 0 saturated carbocycles. The molecule has 12 heteroatoms. The minimum Gasteiger partial charge on any atom is -0.444 e. The molecule has 1 amide bonds. The van der Waals surface area contributed by atoms with Crippen LogP contribution in [-0.4, -0.2) is 64.8 Å². The van der Waals surface area contributed by atoms with Crippen molar-refractivity contribution in [1.82, 2.24) is 4.90 Å². The van der Waals surface area contributed by atoms with Gasteiger partial charge in [0.1, 0.15) is 11.7 Å². The second-order valence-electron chi connectivity index (χ2n) is 7.22. The number of halogens is 6. The molecular weight excluding hydrogens is 400 g/mol. The van der Waals surface area contributed by atoms with Crippen molar-refractivity contribution in [3.8, 4) is 0 Å². The Morgan fingerprint density at radius 1 is 1.11 bits per heavy atom. The van der Waals surface area contributed by atoms with Gasteiger partial charge in [0.2, 0.25) is 0 Å². The molecule has 1 unspecified atom stereocenters. The van der Waals surface area contributed by atoms with E-state index in [1.807, 2.05) is 0 Å². The van der Waals surface area contributed by atoms with Crippen LogP contribution >= 0.6 is 0 Å². The summed E-state index contributed by atoms with van der Waals surface area (Å²) in [5, 5.41) is 10.2. The predicted octanol–water partition coefficient (Wildman–Crippen LogP) is 3.34. The van der Waals surface area contributed by atoms with E-state index < -0.39 is 53.8 Å². The molecule has 28 heavy (non-hydrogen) atoms. The van der Waals surface area contributed by atoms with Crippen LogP contribution in [0, 0.1) is 0 Å². The minimum absolute atomic E-state index is 0.118. The van der Waals surface area contributed by atoms with Gasteiger partial charge in [0, 0.05) is 6.54 Å². The summed E-state index contributed by atoms with van der Waals surface area (Å²) in [6.07, 6.45) is -18.4. The van der Waals surface area contributed by atoms with E-state index >= 15 is 0 Å². The van der Waals surface area contributed by atoms with Crippen molar-refractivity contribution in [3.63, 3.8) is 0 Å². The highest BCUT2D eigenvalue weighted by Crippen LogP contribution is 2.36. The van der Waals surface area contributed by atoms with Gasteiger partial charge in [-0.25, -0.2) is 9.59 Å². The number of hydrogen-bond donors (Lipinski definition) is 1. The summed E-state index contributed by atoms with van der Waals surface area (Å²) in [7, 11) is 0. The summed E-state index contributed by atoms with van der Waals surface area (Å²) >= 11 is 0. The summed E-state index contributed by atoms with van der Waals surface area (Å²) in [5.41, 5.74) is -1.91. The van der Waals surface area contributed by atoms with Gasteiger partial charge in [-0.2, -0.15) is 26.3 Å². The SMILES string of the molecule is C=C(C(=O)OC(C(F)(F)F)C(F)(F)F)C(O)[C@H]1CCCN1C(=O)OC(C)(C)C. The lowest BCUT2D eigenvalue weighted by Gasteiger charge is -2.31. The number of rotatable bonds is 4. The first-order chi connectivity index (χ1) is 12.4. The molecule has 1 fully saturated rings. The van der Waals surface area contributed by atoms with Crippen molar-refractivity contribution in [2.45, 2.75) is 69.8 Å². The lowest BCUT2D eigenvalue weighted by molar-refractivity contribution is -0.312. The minimum atomic E-state index is -5.89. The maximum atomic E-state index is 12.5. The molecule has 6 nitrogen and oxygen atoms in total. The number of esters is 1. The molecule has 0 bridgehead atoms. The van der Waals surface area contributed by atoms with Crippen LogP contribution in [0.4, 0.5) is 31.1 Å². The Balaban J connectivity index is 2.90. The van der Waals surface area contributed by atoms with Crippen molar-refractivity contribution < 1.29 is 50.5 Å². The third kappa shape index (κ3) is 6.28. The zero-order chi connectivity index (χ0) is 22.1. The fourth-order valence-corrected chi connectivity index (χ4v) is 2.52. The molecule has 0 aliphatic carbocycles. The summed E-state index contributed by atoms with van der Waals surface area (Å²) < 4.78 is 83.7. The normalized spacial score (nSPS) is 19.5. The topological polar surface area (TPSA) is 76.1 Å². The molecule has 0 spiro atoms. The number of alkyl halides is 6. The van der Waals surface area contributed by atoms with Crippen LogP contribution in [0.2, 0.25) is 0 Å². The van der Waals surface area contributed by atoms with Crippen LogP contribution in [0.25, 0.3) is 0 Å². The Bertz CT molecular complexity index is 596. The van der Waals surface area contributed by atoms with Crippen LogP contribution in [0.15, 0.2) is 12.2 Å². The van der Waals surface area contributed by atoms with E-state index in [0.717, 1.165) is 4.90 Å². The van der Waals surface area contributed by atoms with Gasteiger partial charge in [-0.3, -0.25) is 0 Å². The van der Waals surface area contributed by atoms with Gasteiger partial charge < -0.3 is 19.5 Å². The van der Waals surface area contributed by atoms with E-state index in [1.165, 1.54) is 0 Å². The first-order valence-corrected chi connectivity index (χ1v) is 8.16. The second-order valence-corrected chi connectivity index (χ2v) is 7.22. The summed E-state index contributed by atoms with van der Waals surface area (Å²) in [6.45, 7) is 7.91. The Hall–Kier alpha value is -1.98. The van der Waals surface area contributed by atoms with Crippen LogP contribution in [0.1, 0.15) is 33.6 Å². The maximum absolute atomic E-state index is 12.5. The van der Waals surface area contributed by atoms with E-state index in [2.05, 4.69) is 11.3 Å². The lowest BCUT2D eigenvalue weighted by Crippen LogP contribution is -2.48. The zero-order valence-electron chi connectivity index (χ0n) is 15.4. The third-order valence-corrected chi connectivity index (χ3v) is 3.73. The smallest absolute Gasteiger partial charge is 0.434 e. The van der Waals surface area contributed by atoms with Crippen LogP contribution in [0.5, 0.6) is 0 Å². The average Bonchev–Trinajstić information content (AvgIpc) is 2.96. The number of hydrogen-bond acceptors (Lipinski definition) is 5. The van der Waals surface area contributed by atoms with Crippen molar-refractivity contribution in [1.29, 1.82) is 0 Å². The van der Waals surface area contributed by atoms with E-state index in [1.54, 1.807) is 20.8 Å². The molecular formula is C16H21F6NO5. The standard InChI is InChI=1S/C16H21F6NO5/c1-8(11(25)27-12(15(17,18)19)16(20,21)22)10(24)9-6-5-7-23(9)13(26)28-14(2,3)4/h9-10,12,24H,1,5-7H2,2-4H3/t9-,10?/m1/s1. The van der Waals surface area contributed by atoms with Gasteiger partial charge in [-0.1, -0.05) is 6.58 Å². The number of carbonyl (C=O) groups is 2. The number of ether oxygens (including phenoxy) is 2. The third-order valence-electron chi connectivity index (χ3n) is 3.73. The molecule has 1 N–H and O–H groups in total. The van der Waals surface area contributed by atoms with Crippen LogP contribution in [-0.2, 0) is 14.3 Å². The summed E-state index contributed by atoms with van der Waals surface area (Å²) in [6, 6.07) is -1.11. The van der Waals surface area contributed by atoms with E-state index in [4.69, 9.17) is 4.74 Å². The summed E-state index contributed by atoms with van der Waals surface area (Å²) in [4.78, 5) is 24.9. The van der Waals surface area contributed by atoms with Crippen molar-refractivity contribution in [2.75, 3.05) is 6.54 Å². The Labute approximate surface area is 157 Å². The molecule has 0 radical (unpaired) electrons. The first-order valence-electron chi connectivity index (χ1n) is 8.16. The Morgan fingerprint density at radius 3 is 2.04 bits per heavy atom. The Morgan fingerprint density at radius 2 is 1.61 bits per heavy atom. The quantitative estimate of drug-likeness (QED) is 0.428. The van der Waals surface area contributed by atoms with Gasteiger partial charge in [-0.05, 0) is 33.6 Å². The zero-order valence-corrected chi connectivity index (χ0v) is 15.4. The fraction of sp³-hybridized carbons (Fsp3) is 0.750. The lowest BCUT2D eigenvalue weighted by atomic mass is 10.0. The molecule has 1 aliphatic rings. The number of aliphatic hydroxyl groups is 1. The van der Waals surface area contributed by atoms with Crippen LogP contribution in [0.3, 0.4) is 0 Å². The molecule has 1 rings (SSSR count). The van der Waals surface area contributed by atoms with Gasteiger partial charge in [0.25, 0.3) is 6.10 Å². The van der Waals surface area contributed by atoms with E-state index in [9.17, 15) is 41.0 Å². The van der Waals surface area contributed by atoms with Crippen LogP contribution < -0.4 is 0 Å². The van der Waals surface area contributed by atoms with Gasteiger partial charge in [0.15, 0.2) is 0 Å². The first kappa shape index (κ1) is 24.1. The number of amides is 1. The molecule has 0 aromatic rings. The fourth-order valence-electron chi connectivity index (χ4n) is 2.52. The molecule has 0 aromatic heterocycles. The van der Waals surface area contributed by atoms with Crippen molar-refractivity contribution in [2.24, 2.45) is 0 Å². The largest absolute Gasteiger partial charge is 0.444 e. The Kier molecular flexibility index (Phi) is 7.02. The number of likely N-dealkylation sites (tertiary alicyclic amines) is 1. The monoisotopic (exact) mass is 421 g/mol. The molecule has 1 aliphatic heterocycles. The average molecular weight is 421 g/mol. The molecule has 0 aromatic carbocycles. The number of carbonyl (C=O) groups excluding carboxylic acids is 2. The molecule has 162 valence electrons. The predicted molar refractivity (Wildman–Crippen MR) is 83.1 cm³/mol. The van der Waals surface area contributed by atoms with Gasteiger partial charge in [-0.15, -0.1) is 0 Å². The molecule has 1 saturated heterocycles. The molecule has 1 heterocycles. The molecule has 2 atom stereocenters. The summed E-state index contributed by atoms with van der Waals surface area (Å²) in [5.74, 6) is -2.07. The second kappa shape index (κ2) is 8.18. The number of nitrogens with zero attached hydrogens (tertiary/aromatic N) is 1. The van der Waals surface area contributed by atoms with Crippen molar-refractivity contribution >= 4 is 12.1 Å². The van der Waals surface area contributed by atoms with Gasteiger partial charge in [0.05, 0.1) is 11.6 Å². The van der Waals surface area contributed by atoms with Gasteiger partial charge >= 0.3 is 24.4 Å². The van der Waals surface area contributed by atoms with E-state index in [-0.39, 0.29) is 13.0 Å². The van der Waals surface area contributed by atoms with E-state index in [0.29, 0.717) is 6.42 Å². The maximum Gasteiger partial charge on any atom is 0.434 e. The number of aliphatic hydroxyl groups excluding tert-OH is 1. The highest BCUT2D eigenvalue weighted by molar-refractivity contribution is 5.89. The van der Waals surface area contributed by atoms with Crippen molar-refractivity contribution in [3.05, 3.63) is 12.2 Å². The highest BCUT2D eigenvalue weighted by atomic mass is 19.4.